The molecule has 2 N–H and O–H groups in total. The number of hydrogen-bond acceptors (Lipinski definition) is 6. The number of aryl methyl sites for hydroxylation is 1. The van der Waals surface area contributed by atoms with Crippen molar-refractivity contribution < 1.29 is 13.2 Å². The topological polar surface area (TPSA) is 87.6 Å². The highest BCUT2D eigenvalue weighted by molar-refractivity contribution is 8.15. The third-order valence-corrected chi connectivity index (χ3v) is 7.52. The minimum absolute atomic E-state index is 0.00771. The fraction of sp³-hybridized carbons (Fsp3) is 0.529. The van der Waals surface area contributed by atoms with Gasteiger partial charge in [-0.1, -0.05) is 31.2 Å². The molecule has 0 aromatic heterocycles. The van der Waals surface area contributed by atoms with E-state index in [0.717, 1.165) is 29.3 Å². The highest BCUT2D eigenvalue weighted by Gasteiger charge is 2.42. The van der Waals surface area contributed by atoms with Gasteiger partial charge in [0, 0.05) is 23.0 Å². The van der Waals surface area contributed by atoms with E-state index in [1.807, 2.05) is 25.1 Å². The van der Waals surface area contributed by atoms with Crippen molar-refractivity contribution in [2.75, 3.05) is 23.4 Å². The molecule has 2 aliphatic rings. The average molecular weight is 382 g/mol. The minimum atomic E-state index is -2.95. The highest BCUT2D eigenvalue weighted by atomic mass is 32.2. The van der Waals surface area contributed by atoms with E-state index in [4.69, 9.17) is 0 Å². The van der Waals surface area contributed by atoms with Crippen LogP contribution in [-0.4, -0.2) is 48.8 Å². The number of benzene rings is 1. The largest absolute Gasteiger partial charge is 0.352 e. The number of aliphatic imine (C=N–C) groups is 1. The Morgan fingerprint density at radius 2 is 2.16 bits per heavy atom. The van der Waals surface area contributed by atoms with Crippen LogP contribution < -0.4 is 10.6 Å². The van der Waals surface area contributed by atoms with Gasteiger partial charge in [-0.25, -0.2) is 8.42 Å². The van der Waals surface area contributed by atoms with Crippen LogP contribution in [0.4, 0.5) is 5.69 Å². The van der Waals surface area contributed by atoms with Crippen molar-refractivity contribution in [3.05, 3.63) is 29.3 Å². The summed E-state index contributed by atoms with van der Waals surface area (Å²) in [5, 5.41) is 6.92. The Balaban J connectivity index is 1.69. The molecule has 0 saturated carbocycles. The van der Waals surface area contributed by atoms with E-state index < -0.39 is 9.84 Å². The molecule has 1 amide bonds. The number of carbonyl (C=O) groups excluding carboxylic acids is 1. The number of sulfone groups is 1. The lowest BCUT2D eigenvalue weighted by atomic mass is 10.1. The Hall–Kier alpha value is -1.54. The second-order valence-electron chi connectivity index (χ2n) is 6.50. The standard InChI is InChI=1S/C17H23N3O3S2/c1-3-4-7-18-16(21)12-6-5-11(2)13(8-12)19-17-20-14-9-25(22,23)10-15(14)24-17/h5-6,8,14-15H,3-4,7,9-10H2,1-2H3,(H,18,21)(H,19,20)/t14-,15+/m0/s1. The molecule has 1 fully saturated rings. The van der Waals surface area contributed by atoms with Crippen LogP contribution in [0.1, 0.15) is 35.7 Å². The molecule has 0 radical (unpaired) electrons. The molecule has 2 aliphatic heterocycles. The van der Waals surface area contributed by atoms with Crippen LogP contribution in [0.15, 0.2) is 23.2 Å². The number of fused-ring (bicyclic) bond motifs is 1. The average Bonchev–Trinajstić information content (AvgIpc) is 3.02. The van der Waals surface area contributed by atoms with E-state index in [-0.39, 0.29) is 28.7 Å². The Bertz CT molecular complexity index is 805. The van der Waals surface area contributed by atoms with Gasteiger partial charge in [0.05, 0.1) is 17.5 Å². The van der Waals surface area contributed by atoms with Crippen LogP contribution >= 0.6 is 11.8 Å². The number of carbonyl (C=O) groups is 1. The maximum absolute atomic E-state index is 12.2. The fourth-order valence-corrected chi connectivity index (χ4v) is 6.58. The van der Waals surface area contributed by atoms with E-state index >= 15 is 0 Å². The molecular formula is C17H23N3O3S2. The summed E-state index contributed by atoms with van der Waals surface area (Å²) in [5.74, 6) is 0.241. The summed E-state index contributed by atoms with van der Waals surface area (Å²) in [7, 11) is -2.95. The molecule has 1 aromatic rings. The van der Waals surface area contributed by atoms with Crippen molar-refractivity contribution in [1.29, 1.82) is 0 Å². The summed E-state index contributed by atoms with van der Waals surface area (Å²) in [4.78, 5) is 16.7. The summed E-state index contributed by atoms with van der Waals surface area (Å²) in [6.45, 7) is 4.72. The minimum Gasteiger partial charge on any atom is -0.352 e. The summed E-state index contributed by atoms with van der Waals surface area (Å²) < 4.78 is 23.3. The second-order valence-corrected chi connectivity index (χ2v) is 9.88. The van der Waals surface area contributed by atoms with Crippen molar-refractivity contribution in [2.45, 2.75) is 38.0 Å². The second kappa shape index (κ2) is 7.37. The predicted octanol–water partition coefficient (Wildman–Crippen LogP) is 2.21. The van der Waals surface area contributed by atoms with Crippen LogP contribution in [0, 0.1) is 6.92 Å². The van der Waals surface area contributed by atoms with Crippen LogP contribution in [0.3, 0.4) is 0 Å². The van der Waals surface area contributed by atoms with E-state index in [1.165, 1.54) is 11.8 Å². The SMILES string of the molecule is CCCCNC(=O)c1ccc(C)c(NC2=N[C@H]3CS(=O)(=O)C[C@H]3S2)c1. The van der Waals surface area contributed by atoms with Crippen LogP contribution in [0.5, 0.6) is 0 Å². The van der Waals surface area contributed by atoms with Crippen LogP contribution in [-0.2, 0) is 9.84 Å². The molecule has 136 valence electrons. The van der Waals surface area contributed by atoms with E-state index in [1.54, 1.807) is 0 Å². The number of rotatable bonds is 5. The molecule has 0 bridgehead atoms. The number of thioether (sulfide) groups is 1. The van der Waals surface area contributed by atoms with Gasteiger partial charge in [0.2, 0.25) is 0 Å². The molecule has 1 aromatic carbocycles. The van der Waals surface area contributed by atoms with E-state index in [9.17, 15) is 13.2 Å². The van der Waals surface area contributed by atoms with Gasteiger partial charge in [-0.05, 0) is 31.0 Å². The summed E-state index contributed by atoms with van der Waals surface area (Å²) in [6, 6.07) is 5.39. The van der Waals surface area contributed by atoms with Gasteiger partial charge >= 0.3 is 0 Å². The van der Waals surface area contributed by atoms with Crippen molar-refractivity contribution in [3.8, 4) is 0 Å². The van der Waals surface area contributed by atoms with E-state index in [2.05, 4.69) is 22.5 Å². The predicted molar refractivity (Wildman–Crippen MR) is 103 cm³/mol. The van der Waals surface area contributed by atoms with Gasteiger partial charge < -0.3 is 10.6 Å². The normalized spacial score (nSPS) is 23.8. The molecule has 8 heteroatoms. The van der Waals surface area contributed by atoms with Gasteiger partial charge in [-0.3, -0.25) is 9.79 Å². The van der Waals surface area contributed by atoms with Gasteiger partial charge in [-0.15, -0.1) is 0 Å². The van der Waals surface area contributed by atoms with E-state index in [0.29, 0.717) is 12.1 Å². The third-order valence-electron chi connectivity index (χ3n) is 4.38. The highest BCUT2D eigenvalue weighted by Crippen LogP contribution is 2.35. The zero-order valence-electron chi connectivity index (χ0n) is 14.4. The first kappa shape index (κ1) is 18.3. The van der Waals surface area contributed by atoms with Gasteiger partial charge in [-0.2, -0.15) is 0 Å². The Kier molecular flexibility index (Phi) is 5.38. The number of amides is 1. The smallest absolute Gasteiger partial charge is 0.251 e. The van der Waals surface area contributed by atoms with Crippen LogP contribution in [0.2, 0.25) is 0 Å². The molecule has 0 unspecified atom stereocenters. The lowest BCUT2D eigenvalue weighted by Crippen LogP contribution is -2.24. The maximum Gasteiger partial charge on any atom is 0.251 e. The van der Waals surface area contributed by atoms with Gasteiger partial charge in [0.15, 0.2) is 15.0 Å². The summed E-state index contributed by atoms with van der Waals surface area (Å²) >= 11 is 1.48. The first-order valence-electron chi connectivity index (χ1n) is 8.48. The first-order valence-corrected chi connectivity index (χ1v) is 11.2. The quantitative estimate of drug-likeness (QED) is 0.764. The van der Waals surface area contributed by atoms with Crippen molar-refractivity contribution in [3.63, 3.8) is 0 Å². The molecule has 0 spiro atoms. The molecule has 6 nitrogen and oxygen atoms in total. The Morgan fingerprint density at radius 1 is 1.36 bits per heavy atom. The lowest BCUT2D eigenvalue weighted by molar-refractivity contribution is 0.0953. The molecule has 3 rings (SSSR count). The number of anilines is 1. The summed E-state index contributed by atoms with van der Waals surface area (Å²) in [6.07, 6.45) is 2.00. The maximum atomic E-state index is 12.2. The molecule has 2 heterocycles. The lowest BCUT2D eigenvalue weighted by Gasteiger charge is -2.12. The number of hydrogen-bond donors (Lipinski definition) is 2. The summed E-state index contributed by atoms with van der Waals surface area (Å²) in [5.41, 5.74) is 2.45. The fourth-order valence-electron chi connectivity index (χ4n) is 2.91. The van der Waals surface area contributed by atoms with Gasteiger partial charge in [0.1, 0.15) is 0 Å². The molecule has 0 aliphatic carbocycles. The van der Waals surface area contributed by atoms with Crippen LogP contribution in [0.25, 0.3) is 0 Å². The Labute approximate surface area is 152 Å². The van der Waals surface area contributed by atoms with Crippen molar-refractivity contribution >= 4 is 38.4 Å². The van der Waals surface area contributed by atoms with Gasteiger partial charge in [0.25, 0.3) is 5.91 Å². The molecule has 2 atom stereocenters. The number of unbranched alkanes of at least 4 members (excludes halogenated alkanes) is 1. The molecular weight excluding hydrogens is 358 g/mol. The number of nitrogens with zero attached hydrogens (tertiary/aromatic N) is 1. The Morgan fingerprint density at radius 3 is 2.88 bits per heavy atom. The third kappa shape index (κ3) is 4.36. The number of nitrogens with one attached hydrogen (secondary N) is 2. The monoisotopic (exact) mass is 381 g/mol. The molecule has 1 saturated heterocycles. The zero-order valence-corrected chi connectivity index (χ0v) is 16.0. The molecule has 25 heavy (non-hydrogen) atoms. The van der Waals surface area contributed by atoms with Crippen molar-refractivity contribution in [2.24, 2.45) is 4.99 Å². The van der Waals surface area contributed by atoms with Crippen molar-refractivity contribution in [1.82, 2.24) is 5.32 Å². The zero-order chi connectivity index (χ0) is 18.0. The number of amidine groups is 1. The first-order chi connectivity index (χ1) is 11.9.